The zero-order valence-corrected chi connectivity index (χ0v) is 20.1. The van der Waals surface area contributed by atoms with Crippen LogP contribution in [-0.2, 0) is 6.18 Å². The van der Waals surface area contributed by atoms with E-state index in [2.05, 4.69) is 24.8 Å². The fourth-order valence-corrected chi connectivity index (χ4v) is 4.40. The van der Waals surface area contributed by atoms with Crippen LogP contribution in [0, 0.1) is 11.6 Å². The minimum absolute atomic E-state index is 0.106. The molecular weight excluding hydrogens is 495 g/mol. The van der Waals surface area contributed by atoms with Gasteiger partial charge in [-0.3, -0.25) is 0 Å². The first-order valence-corrected chi connectivity index (χ1v) is 11.9. The number of anilines is 3. The number of halogens is 5. The van der Waals surface area contributed by atoms with E-state index in [1.807, 2.05) is 16.8 Å². The van der Waals surface area contributed by atoms with Crippen LogP contribution >= 0.6 is 0 Å². The number of benzene rings is 1. The summed E-state index contributed by atoms with van der Waals surface area (Å²) in [6.45, 7) is 4.23. The van der Waals surface area contributed by atoms with Gasteiger partial charge in [0.2, 0.25) is 11.9 Å². The molecule has 8 nitrogen and oxygen atoms in total. The first kappa shape index (κ1) is 25.1. The summed E-state index contributed by atoms with van der Waals surface area (Å²) >= 11 is 0. The van der Waals surface area contributed by atoms with E-state index < -0.39 is 23.4 Å². The lowest BCUT2D eigenvalue weighted by Crippen LogP contribution is -2.48. The van der Waals surface area contributed by atoms with Crippen LogP contribution in [0.4, 0.5) is 39.7 Å². The van der Waals surface area contributed by atoms with Crippen LogP contribution in [0.25, 0.3) is 11.4 Å². The zero-order valence-electron chi connectivity index (χ0n) is 20.1. The van der Waals surface area contributed by atoms with Gasteiger partial charge in [-0.15, -0.1) is 0 Å². The molecule has 1 aromatic carbocycles. The smallest absolute Gasteiger partial charge is 0.353 e. The summed E-state index contributed by atoms with van der Waals surface area (Å²) in [6.07, 6.45) is -3.16. The Hall–Kier alpha value is -3.61. The third-order valence-electron chi connectivity index (χ3n) is 6.53. The Kier molecular flexibility index (Phi) is 6.80. The van der Waals surface area contributed by atoms with Crippen molar-refractivity contribution in [2.24, 2.45) is 0 Å². The molecule has 3 aromatic rings. The third kappa shape index (κ3) is 5.41. The van der Waals surface area contributed by atoms with E-state index >= 15 is 0 Å². The summed E-state index contributed by atoms with van der Waals surface area (Å²) in [4.78, 5) is 25.4. The second-order valence-corrected chi connectivity index (χ2v) is 9.02. The number of hydrogen-bond acceptors (Lipinski definition) is 8. The summed E-state index contributed by atoms with van der Waals surface area (Å²) in [5, 5.41) is 0. The molecule has 0 saturated carbocycles. The van der Waals surface area contributed by atoms with Gasteiger partial charge in [0.25, 0.3) is 0 Å². The molecule has 2 aliphatic rings. The topological polar surface area (TPSA) is 64.5 Å². The van der Waals surface area contributed by atoms with Gasteiger partial charge >= 0.3 is 6.18 Å². The van der Waals surface area contributed by atoms with Crippen molar-refractivity contribution >= 4 is 17.7 Å². The van der Waals surface area contributed by atoms with E-state index in [9.17, 15) is 22.0 Å². The lowest BCUT2D eigenvalue weighted by Gasteiger charge is -2.37. The number of alkyl halides is 3. The van der Waals surface area contributed by atoms with Gasteiger partial charge in [0, 0.05) is 64.1 Å². The second-order valence-electron chi connectivity index (χ2n) is 9.02. The molecule has 2 aliphatic heterocycles. The molecule has 2 aromatic heterocycles. The summed E-state index contributed by atoms with van der Waals surface area (Å²) < 4.78 is 68.0. The highest BCUT2D eigenvalue weighted by molar-refractivity contribution is 5.59. The zero-order chi connectivity index (χ0) is 26.2. The summed E-state index contributed by atoms with van der Waals surface area (Å²) in [6, 6.07) is 5.76. The molecule has 0 atom stereocenters. The number of piperazine rings is 2. The van der Waals surface area contributed by atoms with E-state index in [1.54, 1.807) is 4.90 Å². The standard InChI is InChI=1S/C24H25F5N8/c1-34-7-9-36(10-8-34)22-31-20(16-4-5-18(25)19(26)15-16)32-23(33-22)37-13-11-35(12-14-37)21-17(24(27,28)29)3-2-6-30-21/h2-6,15H,7-14H2,1H3. The Morgan fingerprint density at radius 2 is 1.32 bits per heavy atom. The molecule has 0 amide bonds. The maximum Gasteiger partial charge on any atom is 0.419 e. The predicted molar refractivity (Wildman–Crippen MR) is 129 cm³/mol. The summed E-state index contributed by atoms with van der Waals surface area (Å²) in [5.74, 6) is -1.13. The lowest BCUT2D eigenvalue weighted by atomic mass is 10.2. The number of nitrogens with zero attached hydrogens (tertiary/aromatic N) is 8. The minimum Gasteiger partial charge on any atom is -0.353 e. The number of aromatic nitrogens is 4. The molecule has 5 rings (SSSR count). The van der Waals surface area contributed by atoms with E-state index in [-0.39, 0.29) is 24.7 Å². The number of pyridine rings is 1. The van der Waals surface area contributed by atoms with Crippen LogP contribution in [0.5, 0.6) is 0 Å². The SMILES string of the molecule is CN1CCN(c2nc(-c3ccc(F)c(F)c3)nc(N3CCN(c4ncccc4C(F)(F)F)CC3)n2)CC1. The van der Waals surface area contributed by atoms with E-state index in [1.165, 1.54) is 18.3 Å². The van der Waals surface area contributed by atoms with Gasteiger partial charge in [0.15, 0.2) is 17.5 Å². The molecule has 0 spiro atoms. The average Bonchev–Trinajstić information content (AvgIpc) is 2.90. The Balaban J connectivity index is 1.42. The normalized spacial score (nSPS) is 17.4. The van der Waals surface area contributed by atoms with Gasteiger partial charge < -0.3 is 19.6 Å². The van der Waals surface area contributed by atoms with Gasteiger partial charge in [-0.1, -0.05) is 0 Å². The molecule has 2 saturated heterocycles. The highest BCUT2D eigenvalue weighted by Crippen LogP contribution is 2.35. The molecule has 0 aliphatic carbocycles. The van der Waals surface area contributed by atoms with Crippen LogP contribution in [0.2, 0.25) is 0 Å². The van der Waals surface area contributed by atoms with E-state index in [0.29, 0.717) is 43.6 Å². The second kappa shape index (κ2) is 10.0. The average molecular weight is 521 g/mol. The van der Waals surface area contributed by atoms with E-state index in [4.69, 9.17) is 0 Å². The van der Waals surface area contributed by atoms with Crippen LogP contribution in [-0.4, -0.2) is 84.2 Å². The summed E-state index contributed by atoms with van der Waals surface area (Å²) in [7, 11) is 2.02. The van der Waals surface area contributed by atoms with Crippen molar-refractivity contribution in [3.8, 4) is 11.4 Å². The van der Waals surface area contributed by atoms with Crippen molar-refractivity contribution in [2.45, 2.75) is 6.18 Å². The highest BCUT2D eigenvalue weighted by Gasteiger charge is 2.36. The molecule has 0 N–H and O–H groups in total. The first-order valence-electron chi connectivity index (χ1n) is 11.9. The number of likely N-dealkylation sites (N-methyl/N-ethyl adjacent to an activating group) is 1. The fourth-order valence-electron chi connectivity index (χ4n) is 4.40. The largest absolute Gasteiger partial charge is 0.419 e. The third-order valence-corrected chi connectivity index (χ3v) is 6.53. The van der Waals surface area contributed by atoms with Crippen molar-refractivity contribution in [1.82, 2.24) is 24.8 Å². The lowest BCUT2D eigenvalue weighted by molar-refractivity contribution is -0.137. The molecule has 196 valence electrons. The predicted octanol–water partition coefficient (Wildman–Crippen LogP) is 3.31. The maximum atomic E-state index is 14.0. The fraction of sp³-hybridized carbons (Fsp3) is 0.417. The highest BCUT2D eigenvalue weighted by atomic mass is 19.4. The van der Waals surface area contributed by atoms with Gasteiger partial charge in [0.05, 0.1) is 5.56 Å². The Morgan fingerprint density at radius 3 is 1.92 bits per heavy atom. The van der Waals surface area contributed by atoms with Gasteiger partial charge in [-0.25, -0.2) is 13.8 Å². The van der Waals surface area contributed by atoms with E-state index in [0.717, 1.165) is 31.3 Å². The van der Waals surface area contributed by atoms with Crippen LogP contribution in [0.3, 0.4) is 0 Å². The van der Waals surface area contributed by atoms with Crippen molar-refractivity contribution in [2.75, 3.05) is 74.1 Å². The van der Waals surface area contributed by atoms with Crippen LogP contribution < -0.4 is 14.7 Å². The molecule has 37 heavy (non-hydrogen) atoms. The molecular formula is C24H25F5N8. The van der Waals surface area contributed by atoms with Crippen molar-refractivity contribution in [3.05, 3.63) is 53.7 Å². The molecule has 2 fully saturated rings. The first-order chi connectivity index (χ1) is 17.7. The summed E-state index contributed by atoms with van der Waals surface area (Å²) in [5.41, 5.74) is -0.471. The molecule has 13 heteroatoms. The van der Waals surface area contributed by atoms with Gasteiger partial charge in [0.1, 0.15) is 5.82 Å². The Morgan fingerprint density at radius 1 is 0.730 bits per heavy atom. The van der Waals surface area contributed by atoms with Gasteiger partial charge in [-0.2, -0.15) is 28.1 Å². The maximum absolute atomic E-state index is 14.0. The number of hydrogen-bond donors (Lipinski definition) is 0. The van der Waals surface area contributed by atoms with Crippen LogP contribution in [0.1, 0.15) is 5.56 Å². The number of rotatable bonds is 4. The van der Waals surface area contributed by atoms with Crippen LogP contribution in [0.15, 0.2) is 36.5 Å². The van der Waals surface area contributed by atoms with Gasteiger partial charge in [-0.05, 0) is 37.4 Å². The molecule has 4 heterocycles. The quantitative estimate of drug-likeness (QED) is 0.486. The molecule has 0 radical (unpaired) electrons. The monoisotopic (exact) mass is 520 g/mol. The Bertz CT molecular complexity index is 1250. The molecule has 0 bridgehead atoms. The van der Waals surface area contributed by atoms with Crippen molar-refractivity contribution < 1.29 is 22.0 Å². The minimum atomic E-state index is -4.51. The molecule has 0 unspecified atom stereocenters. The Labute approximate surface area is 210 Å². The van der Waals surface area contributed by atoms with Crippen molar-refractivity contribution in [3.63, 3.8) is 0 Å². The van der Waals surface area contributed by atoms with Crippen molar-refractivity contribution in [1.29, 1.82) is 0 Å².